The van der Waals surface area contributed by atoms with Crippen LogP contribution in [0.4, 0.5) is 0 Å². The second kappa shape index (κ2) is 10.8. The second-order valence-corrected chi connectivity index (χ2v) is 6.95. The molecule has 1 atom stereocenters. The molecule has 0 saturated heterocycles. The summed E-state index contributed by atoms with van der Waals surface area (Å²) >= 11 is 0. The van der Waals surface area contributed by atoms with Crippen molar-refractivity contribution in [3.8, 4) is 0 Å². The third kappa shape index (κ3) is 9.85. The summed E-state index contributed by atoms with van der Waals surface area (Å²) in [5.41, 5.74) is 0. The van der Waals surface area contributed by atoms with Crippen LogP contribution in [0.2, 0.25) is 0 Å². The minimum atomic E-state index is -2.81. The molecule has 0 aliphatic rings. The Morgan fingerprint density at radius 2 is 1.78 bits per heavy atom. The highest BCUT2D eigenvalue weighted by atomic mass is 32.2. The molecule has 1 N–H and O–H groups in total. The number of nitrogens with one attached hydrogen (secondary N) is 1. The third-order valence-corrected chi connectivity index (χ3v) is 4.78. The summed E-state index contributed by atoms with van der Waals surface area (Å²) < 4.78 is 28.1. The maximum absolute atomic E-state index is 11.4. The zero-order valence-electron chi connectivity index (χ0n) is 12.1. The molecule has 0 rings (SSSR count). The normalized spacial score (nSPS) is 13.7. The van der Waals surface area contributed by atoms with Crippen LogP contribution in [0.5, 0.6) is 0 Å². The Kier molecular flexibility index (Phi) is 10.7. The first-order chi connectivity index (χ1) is 8.55. The lowest BCUT2D eigenvalue weighted by Gasteiger charge is -2.17. The van der Waals surface area contributed by atoms with E-state index >= 15 is 0 Å². The minimum Gasteiger partial charge on any atom is -0.382 e. The predicted octanol–water partition coefficient (Wildman–Crippen LogP) is 2.00. The summed E-state index contributed by atoms with van der Waals surface area (Å²) in [4.78, 5) is 0. The summed E-state index contributed by atoms with van der Waals surface area (Å²) in [5, 5.41) is 3.41. The van der Waals surface area contributed by atoms with Gasteiger partial charge in [-0.1, -0.05) is 13.8 Å². The van der Waals surface area contributed by atoms with Gasteiger partial charge in [0.15, 0.2) is 0 Å². The lowest BCUT2D eigenvalue weighted by atomic mass is 10.1. The highest BCUT2D eigenvalue weighted by Gasteiger charge is 2.11. The van der Waals surface area contributed by atoms with Gasteiger partial charge in [0.25, 0.3) is 0 Å². The second-order valence-electron chi connectivity index (χ2n) is 4.47. The van der Waals surface area contributed by atoms with E-state index in [-0.39, 0.29) is 5.75 Å². The zero-order valence-corrected chi connectivity index (χ0v) is 12.9. The molecule has 0 aliphatic heterocycles. The van der Waals surface area contributed by atoms with Crippen LogP contribution >= 0.6 is 0 Å². The van der Waals surface area contributed by atoms with Gasteiger partial charge in [-0.2, -0.15) is 0 Å². The first kappa shape index (κ1) is 17.9. The van der Waals surface area contributed by atoms with E-state index in [4.69, 9.17) is 4.74 Å². The van der Waals surface area contributed by atoms with Crippen LogP contribution in [0, 0.1) is 0 Å². The van der Waals surface area contributed by atoms with Gasteiger partial charge < -0.3 is 10.1 Å². The smallest absolute Gasteiger partial charge is 0.150 e. The average Bonchev–Trinajstić information content (AvgIpc) is 2.34. The summed E-state index contributed by atoms with van der Waals surface area (Å²) in [7, 11) is -2.81. The number of rotatable bonds is 12. The van der Waals surface area contributed by atoms with E-state index in [2.05, 4.69) is 12.2 Å². The number of hydrogen-bond donors (Lipinski definition) is 1. The molecule has 0 bridgehead atoms. The Morgan fingerprint density at radius 3 is 2.33 bits per heavy atom. The van der Waals surface area contributed by atoms with E-state index in [0.717, 1.165) is 45.4 Å². The monoisotopic (exact) mass is 279 g/mol. The van der Waals surface area contributed by atoms with Crippen molar-refractivity contribution in [2.24, 2.45) is 0 Å². The quantitative estimate of drug-likeness (QED) is 0.555. The number of sulfone groups is 1. The van der Waals surface area contributed by atoms with Crippen molar-refractivity contribution in [1.82, 2.24) is 5.32 Å². The Labute approximate surface area is 112 Å². The number of hydrogen-bond acceptors (Lipinski definition) is 4. The molecule has 18 heavy (non-hydrogen) atoms. The Morgan fingerprint density at radius 1 is 1.11 bits per heavy atom. The Balaban J connectivity index is 3.82. The zero-order chi connectivity index (χ0) is 13.9. The molecule has 0 aromatic heterocycles. The van der Waals surface area contributed by atoms with Crippen LogP contribution in [0.3, 0.4) is 0 Å². The largest absolute Gasteiger partial charge is 0.382 e. The van der Waals surface area contributed by atoms with E-state index in [0.29, 0.717) is 11.8 Å². The Bertz CT molecular complexity index is 278. The molecule has 0 fully saturated rings. The van der Waals surface area contributed by atoms with Gasteiger partial charge in [-0.25, -0.2) is 8.42 Å². The maximum Gasteiger partial charge on any atom is 0.150 e. The fourth-order valence-electron chi connectivity index (χ4n) is 1.91. The molecule has 1 unspecified atom stereocenters. The predicted molar refractivity (Wildman–Crippen MR) is 76.8 cm³/mol. The molecule has 4 nitrogen and oxygen atoms in total. The molecule has 0 radical (unpaired) electrons. The van der Waals surface area contributed by atoms with Crippen LogP contribution in [-0.2, 0) is 14.6 Å². The topological polar surface area (TPSA) is 55.4 Å². The van der Waals surface area contributed by atoms with E-state index in [1.54, 1.807) is 6.92 Å². The van der Waals surface area contributed by atoms with Gasteiger partial charge in [0.1, 0.15) is 9.84 Å². The van der Waals surface area contributed by atoms with Crippen molar-refractivity contribution >= 4 is 9.84 Å². The summed E-state index contributed by atoms with van der Waals surface area (Å²) in [6.07, 6.45) is 3.77. The molecular weight excluding hydrogens is 250 g/mol. The van der Waals surface area contributed by atoms with Crippen LogP contribution in [-0.4, -0.2) is 45.7 Å². The van der Waals surface area contributed by atoms with Gasteiger partial charge in [0.2, 0.25) is 0 Å². The van der Waals surface area contributed by atoms with E-state index in [1.165, 1.54) is 0 Å². The molecule has 0 saturated carbocycles. The first-order valence-electron chi connectivity index (χ1n) is 7.07. The molecule has 110 valence electrons. The highest BCUT2D eigenvalue weighted by molar-refractivity contribution is 7.91. The van der Waals surface area contributed by atoms with Gasteiger partial charge in [-0.05, 0) is 39.2 Å². The van der Waals surface area contributed by atoms with Crippen molar-refractivity contribution in [3.05, 3.63) is 0 Å². The Hall–Kier alpha value is -0.130. The highest BCUT2D eigenvalue weighted by Crippen LogP contribution is 2.07. The standard InChI is InChI=1S/C13H29NO3S/c1-4-14-13(9-7-11-17-5-2)10-8-12-18(15,16)6-3/h13-14H,4-12H2,1-3H3. The number of ether oxygens (including phenoxy) is 1. The molecule has 0 amide bonds. The summed E-state index contributed by atoms with van der Waals surface area (Å²) in [6.45, 7) is 8.28. The lowest BCUT2D eigenvalue weighted by molar-refractivity contribution is 0.140. The van der Waals surface area contributed by atoms with Crippen molar-refractivity contribution in [2.75, 3.05) is 31.3 Å². The van der Waals surface area contributed by atoms with Gasteiger partial charge in [-0.15, -0.1) is 0 Å². The SMILES string of the molecule is CCNC(CCCOCC)CCCS(=O)(=O)CC. The van der Waals surface area contributed by atoms with Crippen molar-refractivity contribution in [1.29, 1.82) is 0 Å². The molecular formula is C13H29NO3S. The van der Waals surface area contributed by atoms with Crippen molar-refractivity contribution < 1.29 is 13.2 Å². The van der Waals surface area contributed by atoms with Crippen LogP contribution in [0.15, 0.2) is 0 Å². The van der Waals surface area contributed by atoms with Crippen LogP contribution in [0.1, 0.15) is 46.5 Å². The van der Waals surface area contributed by atoms with Gasteiger partial charge in [0, 0.05) is 25.0 Å². The van der Waals surface area contributed by atoms with E-state index < -0.39 is 9.84 Å². The maximum atomic E-state index is 11.4. The third-order valence-electron chi connectivity index (χ3n) is 2.99. The summed E-state index contributed by atoms with van der Waals surface area (Å²) in [6, 6.07) is 0.419. The lowest BCUT2D eigenvalue weighted by Crippen LogP contribution is -2.29. The van der Waals surface area contributed by atoms with E-state index in [1.807, 2.05) is 6.92 Å². The molecule has 5 heteroatoms. The fourth-order valence-corrected chi connectivity index (χ4v) is 2.80. The first-order valence-corrected chi connectivity index (χ1v) is 8.89. The molecule has 0 aliphatic carbocycles. The van der Waals surface area contributed by atoms with Crippen LogP contribution in [0.25, 0.3) is 0 Å². The average molecular weight is 279 g/mol. The van der Waals surface area contributed by atoms with Gasteiger partial charge in [-0.3, -0.25) is 0 Å². The van der Waals surface area contributed by atoms with Gasteiger partial charge in [0.05, 0.1) is 5.75 Å². The molecule has 0 aromatic carbocycles. The fraction of sp³-hybridized carbons (Fsp3) is 1.00. The molecule has 0 spiro atoms. The van der Waals surface area contributed by atoms with Crippen molar-refractivity contribution in [2.45, 2.75) is 52.5 Å². The molecule has 0 aromatic rings. The molecule has 0 heterocycles. The summed E-state index contributed by atoms with van der Waals surface area (Å²) in [5.74, 6) is 0.570. The van der Waals surface area contributed by atoms with Crippen LogP contribution < -0.4 is 5.32 Å². The van der Waals surface area contributed by atoms with E-state index in [9.17, 15) is 8.42 Å². The van der Waals surface area contributed by atoms with Crippen molar-refractivity contribution in [3.63, 3.8) is 0 Å². The minimum absolute atomic E-state index is 0.253. The van der Waals surface area contributed by atoms with Gasteiger partial charge >= 0.3 is 0 Å².